The summed E-state index contributed by atoms with van der Waals surface area (Å²) in [6.07, 6.45) is 0.994. The third-order valence-corrected chi connectivity index (χ3v) is 4.76. The van der Waals surface area contributed by atoms with Crippen LogP contribution in [-0.2, 0) is 0 Å². The Bertz CT molecular complexity index is 550. The smallest absolute Gasteiger partial charge is 0.339 e. The van der Waals surface area contributed by atoms with Crippen LogP contribution in [0.25, 0.3) is 0 Å². The fourth-order valence-electron chi connectivity index (χ4n) is 2.16. The summed E-state index contributed by atoms with van der Waals surface area (Å²) in [7, 11) is 0. The van der Waals surface area contributed by atoms with Gasteiger partial charge in [0.15, 0.2) is 5.75 Å². The van der Waals surface area contributed by atoms with Crippen molar-refractivity contribution in [3.63, 3.8) is 0 Å². The summed E-state index contributed by atoms with van der Waals surface area (Å²) in [6.45, 7) is 3.39. The molecule has 2 rings (SSSR count). The molecule has 0 spiro atoms. The van der Waals surface area contributed by atoms with Gasteiger partial charge in [0.05, 0.1) is 5.69 Å². The number of amides is 2. The lowest BCUT2D eigenvalue weighted by Crippen LogP contribution is -2.44. The van der Waals surface area contributed by atoms with Crippen LogP contribution >= 0.6 is 11.8 Å². The van der Waals surface area contributed by atoms with E-state index in [2.05, 4.69) is 12.2 Å². The lowest BCUT2D eigenvalue weighted by atomic mass is 10.1. The van der Waals surface area contributed by atoms with Gasteiger partial charge in [-0.2, -0.15) is 11.8 Å². The molecule has 0 saturated carbocycles. The summed E-state index contributed by atoms with van der Waals surface area (Å²) in [6, 6.07) is 3.94. The predicted octanol–water partition coefficient (Wildman–Crippen LogP) is 2.45. The fraction of sp³-hybridized carbons (Fsp3) is 0.429. The SMILES string of the molecule is CCC1CN(C(=O)Nc2cccc(C(=O)O)c2O)CCS1. The first-order valence-corrected chi connectivity index (χ1v) is 7.80. The van der Waals surface area contributed by atoms with Gasteiger partial charge in [0.2, 0.25) is 0 Å². The maximum atomic E-state index is 12.2. The van der Waals surface area contributed by atoms with Crippen molar-refractivity contribution in [3.8, 4) is 5.75 Å². The topological polar surface area (TPSA) is 89.9 Å². The second kappa shape index (κ2) is 6.71. The van der Waals surface area contributed by atoms with Crippen molar-refractivity contribution in [2.75, 3.05) is 24.2 Å². The van der Waals surface area contributed by atoms with Crippen LogP contribution in [-0.4, -0.2) is 51.2 Å². The molecule has 1 aromatic rings. The number of rotatable bonds is 3. The molecular formula is C14H18N2O4S. The summed E-state index contributed by atoms with van der Waals surface area (Å²) in [5, 5.41) is 21.8. The Kier molecular flexibility index (Phi) is 4.95. The molecule has 1 saturated heterocycles. The lowest BCUT2D eigenvalue weighted by molar-refractivity contribution is 0.0693. The molecule has 0 aromatic heterocycles. The summed E-state index contributed by atoms with van der Waals surface area (Å²) >= 11 is 1.85. The van der Waals surface area contributed by atoms with Gasteiger partial charge in [0.25, 0.3) is 0 Å². The zero-order chi connectivity index (χ0) is 15.4. The van der Waals surface area contributed by atoms with Gasteiger partial charge < -0.3 is 20.4 Å². The number of carboxylic acid groups (broad SMARTS) is 1. The quantitative estimate of drug-likeness (QED) is 0.746. The van der Waals surface area contributed by atoms with E-state index < -0.39 is 11.7 Å². The number of hydrogen-bond acceptors (Lipinski definition) is 4. The average molecular weight is 310 g/mol. The maximum Gasteiger partial charge on any atom is 0.339 e. The Morgan fingerprint density at radius 3 is 2.90 bits per heavy atom. The van der Waals surface area contributed by atoms with Crippen LogP contribution < -0.4 is 5.32 Å². The van der Waals surface area contributed by atoms with Crippen LogP contribution in [0.15, 0.2) is 18.2 Å². The third kappa shape index (κ3) is 3.60. The molecular weight excluding hydrogens is 292 g/mol. The van der Waals surface area contributed by atoms with E-state index in [1.165, 1.54) is 18.2 Å². The summed E-state index contributed by atoms with van der Waals surface area (Å²) in [4.78, 5) is 24.9. The van der Waals surface area contributed by atoms with Crippen molar-refractivity contribution in [1.82, 2.24) is 4.90 Å². The highest BCUT2D eigenvalue weighted by Crippen LogP contribution is 2.28. The Morgan fingerprint density at radius 1 is 1.48 bits per heavy atom. The molecule has 1 atom stereocenters. The molecule has 6 nitrogen and oxygen atoms in total. The molecule has 114 valence electrons. The summed E-state index contributed by atoms with van der Waals surface area (Å²) < 4.78 is 0. The predicted molar refractivity (Wildman–Crippen MR) is 82.2 cm³/mol. The number of carboxylic acids is 1. The van der Waals surface area contributed by atoms with Crippen LogP contribution in [0, 0.1) is 0 Å². The molecule has 1 unspecified atom stereocenters. The zero-order valence-corrected chi connectivity index (χ0v) is 12.5. The number of anilines is 1. The number of para-hydroxylation sites is 1. The van der Waals surface area contributed by atoms with Gasteiger partial charge in [-0.15, -0.1) is 0 Å². The monoisotopic (exact) mass is 310 g/mol. The van der Waals surface area contributed by atoms with Gasteiger partial charge in [-0.05, 0) is 18.6 Å². The van der Waals surface area contributed by atoms with E-state index in [0.717, 1.165) is 12.2 Å². The van der Waals surface area contributed by atoms with Crippen LogP contribution in [0.3, 0.4) is 0 Å². The second-order valence-electron chi connectivity index (χ2n) is 4.78. The van der Waals surface area contributed by atoms with Crippen molar-refractivity contribution in [2.45, 2.75) is 18.6 Å². The number of carbonyl (C=O) groups is 2. The Labute approximate surface area is 127 Å². The molecule has 2 amide bonds. The number of urea groups is 1. The van der Waals surface area contributed by atoms with Crippen LogP contribution in [0.2, 0.25) is 0 Å². The lowest BCUT2D eigenvalue weighted by Gasteiger charge is -2.32. The molecule has 1 aromatic carbocycles. The second-order valence-corrected chi connectivity index (χ2v) is 6.19. The normalized spacial score (nSPS) is 18.3. The minimum Gasteiger partial charge on any atom is -0.505 e. The van der Waals surface area contributed by atoms with Gasteiger partial charge in [-0.25, -0.2) is 9.59 Å². The molecule has 3 N–H and O–H groups in total. The fourth-order valence-corrected chi connectivity index (χ4v) is 3.34. The molecule has 0 bridgehead atoms. The van der Waals surface area contributed by atoms with E-state index in [4.69, 9.17) is 5.11 Å². The number of phenols is 1. The van der Waals surface area contributed by atoms with E-state index in [-0.39, 0.29) is 17.3 Å². The Morgan fingerprint density at radius 2 is 2.24 bits per heavy atom. The first-order chi connectivity index (χ1) is 10.0. The third-order valence-electron chi connectivity index (χ3n) is 3.39. The number of carbonyl (C=O) groups excluding carboxylic acids is 1. The van der Waals surface area contributed by atoms with Crippen LogP contribution in [0.1, 0.15) is 23.7 Å². The molecule has 21 heavy (non-hydrogen) atoms. The van der Waals surface area contributed by atoms with Crippen molar-refractivity contribution < 1.29 is 19.8 Å². The van der Waals surface area contributed by atoms with Gasteiger partial charge in [0, 0.05) is 24.1 Å². The number of aromatic hydroxyl groups is 1. The van der Waals surface area contributed by atoms with Gasteiger partial charge in [-0.1, -0.05) is 13.0 Å². The number of nitrogens with one attached hydrogen (secondary N) is 1. The molecule has 0 aliphatic carbocycles. The number of aromatic carboxylic acids is 1. The number of benzene rings is 1. The maximum absolute atomic E-state index is 12.2. The molecule has 1 heterocycles. The van der Waals surface area contributed by atoms with Crippen LogP contribution in [0.4, 0.5) is 10.5 Å². The minimum absolute atomic E-state index is 0.117. The highest BCUT2D eigenvalue weighted by molar-refractivity contribution is 8.00. The van der Waals surface area contributed by atoms with E-state index in [1.54, 1.807) is 4.90 Å². The standard InChI is InChI=1S/C14H18N2O4S/c1-2-9-8-16(6-7-21-9)14(20)15-11-5-3-4-10(12(11)17)13(18)19/h3-5,9,17H,2,6-8H2,1H3,(H,15,20)(H,18,19). The van der Waals surface area contributed by atoms with Crippen molar-refractivity contribution in [3.05, 3.63) is 23.8 Å². The highest BCUT2D eigenvalue weighted by atomic mass is 32.2. The number of hydrogen-bond donors (Lipinski definition) is 3. The first-order valence-electron chi connectivity index (χ1n) is 6.75. The molecule has 1 aliphatic rings. The highest BCUT2D eigenvalue weighted by Gasteiger charge is 2.24. The molecule has 1 aliphatic heterocycles. The molecule has 1 fully saturated rings. The van der Waals surface area contributed by atoms with Crippen molar-refractivity contribution in [1.29, 1.82) is 0 Å². The van der Waals surface area contributed by atoms with Gasteiger partial charge in [-0.3, -0.25) is 0 Å². The van der Waals surface area contributed by atoms with E-state index in [1.807, 2.05) is 11.8 Å². The summed E-state index contributed by atoms with van der Waals surface area (Å²) in [5.74, 6) is -0.770. The average Bonchev–Trinajstić information content (AvgIpc) is 2.49. The van der Waals surface area contributed by atoms with Crippen LogP contribution in [0.5, 0.6) is 5.75 Å². The minimum atomic E-state index is -1.23. The van der Waals surface area contributed by atoms with Gasteiger partial charge in [0.1, 0.15) is 5.56 Å². The number of nitrogens with zero attached hydrogens (tertiary/aromatic N) is 1. The molecule has 7 heteroatoms. The van der Waals surface area contributed by atoms with E-state index in [0.29, 0.717) is 18.3 Å². The summed E-state index contributed by atoms with van der Waals surface area (Å²) in [5.41, 5.74) is -0.111. The first kappa shape index (κ1) is 15.5. The van der Waals surface area contributed by atoms with Crippen molar-refractivity contribution in [2.24, 2.45) is 0 Å². The van der Waals surface area contributed by atoms with Crippen molar-refractivity contribution >= 4 is 29.4 Å². The zero-order valence-electron chi connectivity index (χ0n) is 11.7. The largest absolute Gasteiger partial charge is 0.505 e. The van der Waals surface area contributed by atoms with E-state index >= 15 is 0 Å². The van der Waals surface area contributed by atoms with Gasteiger partial charge >= 0.3 is 12.0 Å². The molecule has 0 radical (unpaired) electrons. The Balaban J connectivity index is 2.09. The number of thioether (sulfide) groups is 1. The van der Waals surface area contributed by atoms with E-state index in [9.17, 15) is 14.7 Å². The Hall–Kier alpha value is -1.89.